The standard InChI is InChI=1S/C18H19BrN2O5S/c1-2-26-14-4-3-12(9-13(14)19)10-15-17(23)21(18(24)27-15)11-16(22)20-5-7-25-8-6-20/h3-4,9-10H,2,5-8,11H2,1H3/b15-10-. The summed E-state index contributed by atoms with van der Waals surface area (Å²) in [6.07, 6.45) is 1.64. The van der Waals surface area contributed by atoms with Crippen LogP contribution in [0.15, 0.2) is 27.6 Å². The number of hydrogen-bond acceptors (Lipinski definition) is 6. The van der Waals surface area contributed by atoms with E-state index in [1.54, 1.807) is 17.0 Å². The molecule has 0 atom stereocenters. The molecule has 2 saturated heterocycles. The minimum atomic E-state index is -0.448. The average molecular weight is 455 g/mol. The zero-order valence-corrected chi connectivity index (χ0v) is 17.2. The minimum Gasteiger partial charge on any atom is -0.493 e. The largest absolute Gasteiger partial charge is 0.493 e. The molecule has 2 heterocycles. The van der Waals surface area contributed by atoms with Crippen molar-refractivity contribution in [3.05, 3.63) is 33.1 Å². The highest BCUT2D eigenvalue weighted by Gasteiger charge is 2.37. The van der Waals surface area contributed by atoms with Gasteiger partial charge in [0.2, 0.25) is 5.91 Å². The first-order valence-electron chi connectivity index (χ1n) is 8.53. The molecule has 7 nitrogen and oxygen atoms in total. The van der Waals surface area contributed by atoms with Crippen molar-refractivity contribution in [2.75, 3.05) is 39.5 Å². The molecule has 0 N–H and O–H groups in total. The molecule has 2 aliphatic heterocycles. The normalized spacial score (nSPS) is 19.1. The molecule has 0 aliphatic carbocycles. The highest BCUT2D eigenvalue weighted by Crippen LogP contribution is 2.33. The van der Waals surface area contributed by atoms with Crippen molar-refractivity contribution in [1.29, 1.82) is 0 Å². The van der Waals surface area contributed by atoms with Gasteiger partial charge in [0.25, 0.3) is 11.1 Å². The second kappa shape index (κ2) is 8.90. The van der Waals surface area contributed by atoms with Crippen molar-refractivity contribution in [1.82, 2.24) is 9.80 Å². The van der Waals surface area contributed by atoms with Gasteiger partial charge in [-0.05, 0) is 58.4 Å². The van der Waals surface area contributed by atoms with Gasteiger partial charge < -0.3 is 14.4 Å². The van der Waals surface area contributed by atoms with Crippen molar-refractivity contribution in [2.24, 2.45) is 0 Å². The lowest BCUT2D eigenvalue weighted by atomic mass is 10.2. The van der Waals surface area contributed by atoms with Crippen LogP contribution in [0.4, 0.5) is 4.79 Å². The van der Waals surface area contributed by atoms with E-state index in [1.807, 2.05) is 19.1 Å². The van der Waals surface area contributed by atoms with E-state index in [0.717, 1.165) is 26.7 Å². The first-order chi connectivity index (χ1) is 13.0. The van der Waals surface area contributed by atoms with Gasteiger partial charge in [-0.3, -0.25) is 19.3 Å². The van der Waals surface area contributed by atoms with Crippen LogP contribution in [0, 0.1) is 0 Å². The smallest absolute Gasteiger partial charge is 0.294 e. The van der Waals surface area contributed by atoms with Gasteiger partial charge in [-0.1, -0.05) is 6.07 Å². The number of imide groups is 1. The Bertz CT molecular complexity index is 792. The number of halogens is 1. The highest BCUT2D eigenvalue weighted by molar-refractivity contribution is 9.10. The predicted octanol–water partition coefficient (Wildman–Crippen LogP) is 2.74. The number of rotatable bonds is 5. The first kappa shape index (κ1) is 19.9. The summed E-state index contributed by atoms with van der Waals surface area (Å²) in [5.41, 5.74) is 0.760. The average Bonchev–Trinajstić information content (AvgIpc) is 2.92. The number of carbonyl (C=O) groups excluding carboxylic acids is 3. The summed E-state index contributed by atoms with van der Waals surface area (Å²) in [6, 6.07) is 5.42. The molecule has 1 aromatic carbocycles. The second-order valence-corrected chi connectivity index (χ2v) is 7.73. The summed E-state index contributed by atoms with van der Waals surface area (Å²) in [6.45, 7) is 4.11. The topological polar surface area (TPSA) is 76.2 Å². The van der Waals surface area contributed by atoms with Crippen LogP contribution in [0.25, 0.3) is 6.08 Å². The van der Waals surface area contributed by atoms with Crippen LogP contribution in [0.3, 0.4) is 0 Å². The number of amides is 3. The van der Waals surface area contributed by atoms with Gasteiger partial charge in [0.1, 0.15) is 12.3 Å². The molecule has 2 aliphatic rings. The van der Waals surface area contributed by atoms with Crippen LogP contribution in [-0.2, 0) is 14.3 Å². The minimum absolute atomic E-state index is 0.241. The van der Waals surface area contributed by atoms with Gasteiger partial charge in [0.15, 0.2) is 0 Å². The van der Waals surface area contributed by atoms with Crippen LogP contribution in [0.5, 0.6) is 5.75 Å². The van der Waals surface area contributed by atoms with Crippen LogP contribution in [-0.4, -0.2) is 66.3 Å². The zero-order chi connectivity index (χ0) is 19.4. The van der Waals surface area contributed by atoms with Gasteiger partial charge in [0.05, 0.1) is 29.2 Å². The summed E-state index contributed by atoms with van der Waals surface area (Å²) >= 11 is 4.27. The van der Waals surface area contributed by atoms with Crippen molar-refractivity contribution in [3.8, 4) is 5.75 Å². The Hall–Kier alpha value is -1.84. The summed E-state index contributed by atoms with van der Waals surface area (Å²) in [4.78, 5) is 40.0. The van der Waals surface area contributed by atoms with E-state index in [0.29, 0.717) is 43.6 Å². The van der Waals surface area contributed by atoms with Crippen molar-refractivity contribution in [2.45, 2.75) is 6.92 Å². The van der Waals surface area contributed by atoms with E-state index in [-0.39, 0.29) is 12.5 Å². The molecule has 0 saturated carbocycles. The van der Waals surface area contributed by atoms with E-state index >= 15 is 0 Å². The van der Waals surface area contributed by atoms with Crippen molar-refractivity contribution < 1.29 is 23.9 Å². The Morgan fingerprint density at radius 2 is 2.07 bits per heavy atom. The third-order valence-corrected chi connectivity index (χ3v) is 5.61. The fourth-order valence-electron chi connectivity index (χ4n) is 2.72. The summed E-state index contributed by atoms with van der Waals surface area (Å²) in [7, 11) is 0. The van der Waals surface area contributed by atoms with Gasteiger partial charge >= 0.3 is 0 Å². The maximum Gasteiger partial charge on any atom is 0.294 e. The highest BCUT2D eigenvalue weighted by atomic mass is 79.9. The number of nitrogens with zero attached hydrogens (tertiary/aromatic N) is 2. The van der Waals surface area contributed by atoms with Crippen molar-refractivity contribution in [3.63, 3.8) is 0 Å². The van der Waals surface area contributed by atoms with Crippen LogP contribution in [0.2, 0.25) is 0 Å². The van der Waals surface area contributed by atoms with E-state index in [4.69, 9.17) is 9.47 Å². The third kappa shape index (κ3) is 4.72. The monoisotopic (exact) mass is 454 g/mol. The quantitative estimate of drug-likeness (QED) is 0.636. The fourth-order valence-corrected chi connectivity index (χ4v) is 4.06. The molecule has 27 heavy (non-hydrogen) atoms. The maximum absolute atomic E-state index is 12.6. The van der Waals surface area contributed by atoms with Crippen LogP contribution >= 0.6 is 27.7 Å². The SMILES string of the molecule is CCOc1ccc(/C=C2\SC(=O)N(CC(=O)N3CCOCC3)C2=O)cc1Br. The zero-order valence-electron chi connectivity index (χ0n) is 14.8. The van der Waals surface area contributed by atoms with E-state index in [2.05, 4.69) is 15.9 Å². The van der Waals surface area contributed by atoms with E-state index < -0.39 is 11.1 Å². The second-order valence-electron chi connectivity index (χ2n) is 5.88. The Balaban J connectivity index is 1.70. The number of thioether (sulfide) groups is 1. The third-order valence-electron chi connectivity index (χ3n) is 4.08. The number of hydrogen-bond donors (Lipinski definition) is 0. The van der Waals surface area contributed by atoms with Gasteiger partial charge in [0, 0.05) is 13.1 Å². The predicted molar refractivity (Wildman–Crippen MR) is 105 cm³/mol. The molecule has 1 aromatic rings. The van der Waals surface area contributed by atoms with Gasteiger partial charge in [-0.25, -0.2) is 0 Å². The number of ether oxygens (including phenoxy) is 2. The molecule has 0 radical (unpaired) electrons. The molecule has 3 rings (SSSR count). The number of carbonyl (C=O) groups is 3. The van der Waals surface area contributed by atoms with Gasteiger partial charge in [-0.2, -0.15) is 0 Å². The Kier molecular flexibility index (Phi) is 6.56. The van der Waals surface area contributed by atoms with E-state index in [9.17, 15) is 14.4 Å². The molecular weight excluding hydrogens is 436 g/mol. The molecule has 0 aromatic heterocycles. The number of benzene rings is 1. The molecule has 144 valence electrons. The Morgan fingerprint density at radius 3 is 2.74 bits per heavy atom. The summed E-state index contributed by atoms with van der Waals surface area (Å²) in [5, 5.41) is -0.433. The fraction of sp³-hybridized carbons (Fsp3) is 0.389. The summed E-state index contributed by atoms with van der Waals surface area (Å²) < 4.78 is 11.4. The van der Waals surface area contributed by atoms with Gasteiger partial charge in [-0.15, -0.1) is 0 Å². The van der Waals surface area contributed by atoms with Crippen LogP contribution in [0.1, 0.15) is 12.5 Å². The lowest BCUT2D eigenvalue weighted by Gasteiger charge is -2.28. The molecule has 3 amide bonds. The molecule has 0 spiro atoms. The Morgan fingerprint density at radius 1 is 1.33 bits per heavy atom. The molecule has 2 fully saturated rings. The number of morpholine rings is 1. The van der Waals surface area contributed by atoms with Crippen LogP contribution < -0.4 is 4.74 Å². The molecule has 9 heteroatoms. The Labute approximate surface area is 169 Å². The summed E-state index contributed by atoms with van der Waals surface area (Å²) in [5.74, 6) is 0.0149. The molecule has 0 unspecified atom stereocenters. The van der Waals surface area contributed by atoms with Crippen molar-refractivity contribution >= 4 is 50.8 Å². The molecule has 0 bridgehead atoms. The van der Waals surface area contributed by atoms with E-state index in [1.165, 1.54) is 0 Å². The lowest BCUT2D eigenvalue weighted by molar-refractivity contribution is -0.139. The maximum atomic E-state index is 12.6. The first-order valence-corrected chi connectivity index (χ1v) is 10.1. The lowest BCUT2D eigenvalue weighted by Crippen LogP contribution is -2.46. The molecular formula is C18H19BrN2O5S.